The van der Waals surface area contributed by atoms with Gasteiger partial charge in [0.25, 0.3) is 5.69 Å². The first-order chi connectivity index (χ1) is 19.5. The Morgan fingerprint density at radius 1 is 1.15 bits per heavy atom. The minimum absolute atomic E-state index is 0.0137. The summed E-state index contributed by atoms with van der Waals surface area (Å²) in [5.74, 6) is -2.16. The fraction of sp³-hybridized carbons (Fsp3) is 0.172. The van der Waals surface area contributed by atoms with Gasteiger partial charge in [-0.25, -0.2) is 13.8 Å². The van der Waals surface area contributed by atoms with E-state index in [2.05, 4.69) is 15.3 Å². The van der Waals surface area contributed by atoms with Gasteiger partial charge in [-0.15, -0.1) is 0 Å². The number of carbonyl (C=O) groups is 1. The van der Waals surface area contributed by atoms with Gasteiger partial charge < -0.3 is 31.8 Å². The van der Waals surface area contributed by atoms with Crippen molar-refractivity contribution >= 4 is 23.2 Å². The summed E-state index contributed by atoms with van der Waals surface area (Å²) < 4.78 is 34.6. The molecule has 10 nitrogen and oxygen atoms in total. The van der Waals surface area contributed by atoms with E-state index in [0.29, 0.717) is 28.7 Å². The van der Waals surface area contributed by atoms with Gasteiger partial charge in [0, 0.05) is 41.2 Å². The zero-order valence-corrected chi connectivity index (χ0v) is 21.9. The van der Waals surface area contributed by atoms with Gasteiger partial charge in [0.1, 0.15) is 28.8 Å². The lowest BCUT2D eigenvalue weighted by Crippen LogP contribution is -2.39. The van der Waals surface area contributed by atoms with Crippen LogP contribution in [-0.2, 0) is 0 Å². The summed E-state index contributed by atoms with van der Waals surface area (Å²) in [6.45, 7) is 1.78. The Kier molecular flexibility index (Phi) is 7.24. The predicted octanol–water partition coefficient (Wildman–Crippen LogP) is 3.83. The van der Waals surface area contributed by atoms with Gasteiger partial charge in [-0.1, -0.05) is 0 Å². The number of aromatic nitrogens is 2. The van der Waals surface area contributed by atoms with Crippen molar-refractivity contribution < 1.29 is 28.1 Å². The average Bonchev–Trinajstić information content (AvgIpc) is 3.67. The number of halogens is 2. The number of aliphatic hydroxyl groups is 1. The zero-order chi connectivity index (χ0) is 29.3. The third kappa shape index (κ3) is 5.92. The molecule has 2 aromatic heterocycles. The van der Waals surface area contributed by atoms with Gasteiger partial charge in [-0.05, 0) is 62.2 Å². The third-order valence-electron chi connectivity index (χ3n) is 6.62. The Hall–Kier alpha value is -5.10. The smallest absolute Gasteiger partial charge is 0.321 e. The number of ether oxygens (including phenoxy) is 1. The molecule has 12 heteroatoms. The van der Waals surface area contributed by atoms with E-state index in [0.717, 1.165) is 6.07 Å². The Morgan fingerprint density at radius 2 is 1.88 bits per heavy atom. The number of nitrogen functional groups attached to an aromatic ring is 1. The highest BCUT2D eigenvalue weighted by molar-refractivity contribution is 6.04. The van der Waals surface area contributed by atoms with Crippen molar-refractivity contribution in [3.8, 4) is 22.8 Å². The number of aryl methyl sites for hydroxylation is 1. The zero-order valence-electron chi connectivity index (χ0n) is 21.9. The average molecular weight is 561 g/mol. The second-order valence-electron chi connectivity index (χ2n) is 9.75. The molecule has 1 aliphatic rings. The van der Waals surface area contributed by atoms with Crippen LogP contribution < -0.4 is 26.3 Å². The molecule has 1 fully saturated rings. The number of benzene rings is 2. The molecule has 1 saturated carbocycles. The molecule has 4 aromatic rings. The number of nitrogens with one attached hydrogen (secondary N) is 1. The number of carbonyl (C=O) groups excluding carboxylic acids is 1. The van der Waals surface area contributed by atoms with Crippen molar-refractivity contribution in [2.45, 2.75) is 25.4 Å². The number of nitrogens with zero attached hydrogens (tertiary/aromatic N) is 3. The third-order valence-corrected chi connectivity index (χ3v) is 6.62. The highest BCUT2D eigenvalue weighted by Gasteiger charge is 2.40. The van der Waals surface area contributed by atoms with Crippen molar-refractivity contribution in [3.05, 3.63) is 101 Å². The molecule has 0 radical (unpaired) electrons. The van der Waals surface area contributed by atoms with Crippen LogP contribution in [0.3, 0.4) is 0 Å². The van der Waals surface area contributed by atoms with Gasteiger partial charge >= 0.3 is 5.91 Å². The molecule has 0 saturated heterocycles. The van der Waals surface area contributed by atoms with Gasteiger partial charge in [-0.2, -0.15) is 4.73 Å². The molecule has 1 aliphatic carbocycles. The standard InChI is InChI=1S/C29H26F2N6O4/c1-16-2-8-21(37(40)25(16)17-3-5-18(30)6-4-17)28(38)36-19-7-9-22(20(31)14-19)41-23-10-13-34-26(32)24(23)27(33)35-15-29(39)11-12-29/h2-10,13-14,39H,11-12,15H2,1H3,(H2,32,34)(H2,33,35)(H,36,38). The molecular weight excluding hydrogens is 534 g/mol. The van der Waals surface area contributed by atoms with Crippen LogP contribution in [0.25, 0.3) is 11.3 Å². The molecule has 2 aromatic carbocycles. The summed E-state index contributed by atoms with van der Waals surface area (Å²) in [7, 11) is 0. The number of amidine groups is 1. The number of pyridine rings is 2. The van der Waals surface area contributed by atoms with E-state index in [9.17, 15) is 19.5 Å². The Bertz CT molecular complexity index is 1670. The molecule has 0 bridgehead atoms. The lowest BCUT2D eigenvalue weighted by atomic mass is 10.1. The van der Waals surface area contributed by atoms with E-state index in [-0.39, 0.29) is 52.3 Å². The van der Waals surface area contributed by atoms with Gasteiger partial charge in [-0.3, -0.25) is 9.79 Å². The first-order valence-electron chi connectivity index (χ1n) is 12.6. The summed E-state index contributed by atoms with van der Waals surface area (Å²) in [5, 5.41) is 25.6. The molecule has 0 atom stereocenters. The van der Waals surface area contributed by atoms with Gasteiger partial charge in [0.2, 0.25) is 5.69 Å². The fourth-order valence-electron chi connectivity index (χ4n) is 4.14. The van der Waals surface area contributed by atoms with E-state index in [1.165, 1.54) is 54.7 Å². The predicted molar refractivity (Wildman–Crippen MR) is 148 cm³/mol. The van der Waals surface area contributed by atoms with E-state index in [1.54, 1.807) is 13.0 Å². The largest absolute Gasteiger partial charge is 0.618 e. The SMILES string of the molecule is Cc1ccc(C(=O)Nc2ccc(Oc3ccnc(N)c3C(N)=NCC3(O)CC3)c(F)c2)[n+]([O-])c1-c1ccc(F)cc1. The number of hydrogen-bond acceptors (Lipinski definition) is 7. The minimum Gasteiger partial charge on any atom is -0.618 e. The molecule has 0 spiro atoms. The fourth-order valence-corrected chi connectivity index (χ4v) is 4.14. The lowest BCUT2D eigenvalue weighted by molar-refractivity contribution is -0.596. The van der Waals surface area contributed by atoms with Crippen molar-refractivity contribution in [3.63, 3.8) is 0 Å². The summed E-state index contributed by atoms with van der Waals surface area (Å²) in [4.78, 5) is 21.1. The minimum atomic E-state index is -0.874. The maximum absolute atomic E-state index is 15.1. The van der Waals surface area contributed by atoms with E-state index in [1.807, 2.05) is 0 Å². The molecule has 2 heterocycles. The highest BCUT2D eigenvalue weighted by Crippen LogP contribution is 2.36. The van der Waals surface area contributed by atoms with E-state index >= 15 is 4.39 Å². The highest BCUT2D eigenvalue weighted by atomic mass is 19.1. The van der Waals surface area contributed by atoms with Crippen LogP contribution in [0.4, 0.5) is 20.3 Å². The first-order valence-corrected chi connectivity index (χ1v) is 12.6. The number of anilines is 2. The second kappa shape index (κ2) is 10.8. The lowest BCUT2D eigenvalue weighted by Gasteiger charge is -2.14. The molecule has 0 aliphatic heterocycles. The first kappa shape index (κ1) is 27.5. The van der Waals surface area contributed by atoms with Crippen LogP contribution >= 0.6 is 0 Å². The number of nitrogens with two attached hydrogens (primary N) is 2. The van der Waals surface area contributed by atoms with Crippen molar-refractivity contribution in [2.75, 3.05) is 17.6 Å². The molecule has 210 valence electrons. The van der Waals surface area contributed by atoms with Crippen molar-refractivity contribution in [2.24, 2.45) is 10.7 Å². The number of hydrogen-bond donors (Lipinski definition) is 4. The quantitative estimate of drug-likeness (QED) is 0.110. The number of rotatable bonds is 8. The topological polar surface area (TPSA) is 163 Å². The van der Waals surface area contributed by atoms with E-state index in [4.69, 9.17) is 16.2 Å². The summed E-state index contributed by atoms with van der Waals surface area (Å²) in [5.41, 5.74) is 12.4. The Balaban J connectivity index is 1.35. The van der Waals surface area contributed by atoms with Crippen LogP contribution in [0.5, 0.6) is 11.5 Å². The van der Waals surface area contributed by atoms with E-state index < -0.39 is 23.1 Å². The summed E-state index contributed by atoms with van der Waals surface area (Å²) in [6.07, 6.45) is 2.61. The second-order valence-corrected chi connectivity index (χ2v) is 9.75. The van der Waals surface area contributed by atoms with Crippen LogP contribution in [0.1, 0.15) is 34.5 Å². The molecule has 1 amide bonds. The van der Waals surface area contributed by atoms with Gasteiger partial charge in [0.05, 0.1) is 12.1 Å². The van der Waals surface area contributed by atoms with Crippen LogP contribution in [0.15, 0.2) is 71.9 Å². The Morgan fingerprint density at radius 3 is 2.56 bits per heavy atom. The summed E-state index contributed by atoms with van der Waals surface area (Å²) >= 11 is 0. The van der Waals surface area contributed by atoms with Gasteiger partial charge in [0.15, 0.2) is 11.6 Å². The molecule has 5 rings (SSSR count). The van der Waals surface area contributed by atoms with Crippen LogP contribution in [-0.4, -0.2) is 34.0 Å². The maximum atomic E-state index is 15.1. The molecule has 41 heavy (non-hydrogen) atoms. The Labute approximate surface area is 233 Å². The molecule has 0 unspecified atom stereocenters. The molecule has 6 N–H and O–H groups in total. The van der Waals surface area contributed by atoms with Crippen molar-refractivity contribution in [1.82, 2.24) is 4.98 Å². The molecular formula is C29H26F2N6O4. The summed E-state index contributed by atoms with van der Waals surface area (Å²) in [6, 6.07) is 13.4. The normalized spacial score (nSPS) is 14.0. The maximum Gasteiger partial charge on any atom is 0.321 e. The number of aliphatic imine (C=N–C) groups is 1. The number of amides is 1. The van der Waals surface area contributed by atoms with Crippen LogP contribution in [0, 0.1) is 23.8 Å². The monoisotopic (exact) mass is 560 g/mol. The van der Waals surface area contributed by atoms with Crippen molar-refractivity contribution in [1.29, 1.82) is 0 Å². The van der Waals surface area contributed by atoms with Crippen LogP contribution in [0.2, 0.25) is 0 Å².